The molecule has 0 aliphatic carbocycles. The average Bonchev–Trinajstić information content (AvgIpc) is 2.37. The quantitative estimate of drug-likeness (QED) is 0.928. The Morgan fingerprint density at radius 1 is 1.43 bits per heavy atom. The van der Waals surface area contributed by atoms with Crippen LogP contribution in [0.1, 0.15) is 17.5 Å². The molecule has 2 rings (SSSR count). The summed E-state index contributed by atoms with van der Waals surface area (Å²) in [5.74, 6) is -0.944. The van der Waals surface area contributed by atoms with Crippen molar-refractivity contribution in [2.24, 2.45) is 0 Å². The standard InChI is InChI=1S/C14H16F3NO3/c15-14(16,17)11-3-1-2-10(6-11)8-18-4-5-21-12(9-18)7-13(19)20/h1-3,6,12H,4-5,7-9H2,(H,19,20). The highest BCUT2D eigenvalue weighted by molar-refractivity contribution is 5.67. The average molecular weight is 303 g/mol. The number of morpholine rings is 1. The Kier molecular flexibility index (Phi) is 4.84. The van der Waals surface area contributed by atoms with E-state index < -0.39 is 23.8 Å². The predicted molar refractivity (Wildman–Crippen MR) is 68.7 cm³/mol. The lowest BCUT2D eigenvalue weighted by Crippen LogP contribution is -2.42. The van der Waals surface area contributed by atoms with E-state index in [1.165, 1.54) is 6.07 Å². The van der Waals surface area contributed by atoms with Crippen molar-refractivity contribution in [3.05, 3.63) is 35.4 Å². The molecule has 1 aromatic carbocycles. The highest BCUT2D eigenvalue weighted by Gasteiger charge is 2.30. The summed E-state index contributed by atoms with van der Waals surface area (Å²) in [6, 6.07) is 5.18. The van der Waals surface area contributed by atoms with E-state index >= 15 is 0 Å². The Morgan fingerprint density at radius 3 is 2.86 bits per heavy atom. The number of halogens is 3. The van der Waals surface area contributed by atoms with Crippen LogP contribution in [-0.2, 0) is 22.3 Å². The van der Waals surface area contributed by atoms with E-state index in [9.17, 15) is 18.0 Å². The first kappa shape index (κ1) is 15.8. The van der Waals surface area contributed by atoms with Crippen LogP contribution in [0.5, 0.6) is 0 Å². The number of benzene rings is 1. The third kappa shape index (κ3) is 4.71. The van der Waals surface area contributed by atoms with Crippen molar-refractivity contribution in [1.82, 2.24) is 4.90 Å². The number of nitrogens with zero attached hydrogens (tertiary/aromatic N) is 1. The Labute approximate surface area is 120 Å². The van der Waals surface area contributed by atoms with Gasteiger partial charge >= 0.3 is 12.1 Å². The number of ether oxygens (including phenoxy) is 1. The Morgan fingerprint density at radius 2 is 2.19 bits per heavy atom. The van der Waals surface area contributed by atoms with Crippen molar-refractivity contribution < 1.29 is 27.8 Å². The molecule has 1 unspecified atom stereocenters. The Balaban J connectivity index is 1.99. The molecule has 0 spiro atoms. The fourth-order valence-electron chi connectivity index (χ4n) is 2.35. The number of carboxylic acids is 1. The normalized spacial score (nSPS) is 20.4. The van der Waals surface area contributed by atoms with E-state index in [2.05, 4.69) is 0 Å². The molecule has 1 fully saturated rings. The van der Waals surface area contributed by atoms with E-state index in [-0.39, 0.29) is 6.42 Å². The minimum atomic E-state index is -4.35. The molecule has 116 valence electrons. The number of aliphatic carboxylic acids is 1. The van der Waals surface area contributed by atoms with E-state index in [1.54, 1.807) is 6.07 Å². The van der Waals surface area contributed by atoms with Crippen LogP contribution >= 0.6 is 0 Å². The molecule has 1 heterocycles. The molecule has 0 saturated carbocycles. The molecule has 1 saturated heterocycles. The summed E-state index contributed by atoms with van der Waals surface area (Å²) in [4.78, 5) is 12.6. The molecular weight excluding hydrogens is 287 g/mol. The van der Waals surface area contributed by atoms with Crippen molar-refractivity contribution in [2.45, 2.75) is 25.2 Å². The van der Waals surface area contributed by atoms with Gasteiger partial charge in [-0.1, -0.05) is 18.2 Å². The predicted octanol–water partition coefficient (Wildman–Crippen LogP) is 2.38. The topological polar surface area (TPSA) is 49.8 Å². The van der Waals surface area contributed by atoms with E-state index in [0.717, 1.165) is 12.1 Å². The maximum Gasteiger partial charge on any atom is 0.416 e. The van der Waals surface area contributed by atoms with Gasteiger partial charge in [0.25, 0.3) is 0 Å². The Hall–Kier alpha value is -1.60. The van der Waals surface area contributed by atoms with Crippen LogP contribution in [0.25, 0.3) is 0 Å². The summed E-state index contributed by atoms with van der Waals surface area (Å²) in [6.07, 6.45) is -4.87. The number of carboxylic acid groups (broad SMARTS) is 1. The summed E-state index contributed by atoms with van der Waals surface area (Å²) in [7, 11) is 0. The smallest absolute Gasteiger partial charge is 0.416 e. The monoisotopic (exact) mass is 303 g/mol. The largest absolute Gasteiger partial charge is 0.481 e. The van der Waals surface area contributed by atoms with Gasteiger partial charge in [-0.25, -0.2) is 0 Å². The molecule has 21 heavy (non-hydrogen) atoms. The second kappa shape index (κ2) is 6.44. The van der Waals surface area contributed by atoms with Crippen LogP contribution < -0.4 is 0 Å². The Bertz CT molecular complexity index is 504. The minimum Gasteiger partial charge on any atom is -0.481 e. The molecule has 1 atom stereocenters. The number of alkyl halides is 3. The lowest BCUT2D eigenvalue weighted by Gasteiger charge is -2.32. The fourth-order valence-corrected chi connectivity index (χ4v) is 2.35. The number of hydrogen-bond donors (Lipinski definition) is 1. The van der Waals surface area contributed by atoms with Gasteiger partial charge in [0.2, 0.25) is 0 Å². The molecule has 0 aromatic heterocycles. The third-order valence-electron chi connectivity index (χ3n) is 3.29. The first-order valence-electron chi connectivity index (χ1n) is 6.56. The molecule has 4 nitrogen and oxygen atoms in total. The van der Waals surface area contributed by atoms with Crippen molar-refractivity contribution in [1.29, 1.82) is 0 Å². The molecule has 1 aliphatic rings. The summed E-state index contributed by atoms with van der Waals surface area (Å²) in [6.45, 7) is 1.72. The van der Waals surface area contributed by atoms with Gasteiger partial charge in [-0.3, -0.25) is 9.69 Å². The van der Waals surface area contributed by atoms with Crippen molar-refractivity contribution in [2.75, 3.05) is 19.7 Å². The van der Waals surface area contributed by atoms with Crippen molar-refractivity contribution in [3.8, 4) is 0 Å². The van der Waals surface area contributed by atoms with Gasteiger partial charge in [0, 0.05) is 19.6 Å². The van der Waals surface area contributed by atoms with Crippen molar-refractivity contribution >= 4 is 5.97 Å². The molecule has 1 aliphatic heterocycles. The fraction of sp³-hybridized carbons (Fsp3) is 0.500. The summed E-state index contributed by atoms with van der Waals surface area (Å²) >= 11 is 0. The lowest BCUT2D eigenvalue weighted by atomic mass is 10.1. The highest BCUT2D eigenvalue weighted by Crippen LogP contribution is 2.29. The zero-order chi connectivity index (χ0) is 15.5. The van der Waals surface area contributed by atoms with Crippen LogP contribution in [0.3, 0.4) is 0 Å². The first-order chi connectivity index (χ1) is 9.84. The zero-order valence-electron chi connectivity index (χ0n) is 11.3. The molecule has 7 heteroatoms. The SMILES string of the molecule is O=C(O)CC1CN(Cc2cccc(C(F)(F)F)c2)CCO1. The maximum atomic E-state index is 12.7. The second-order valence-electron chi connectivity index (χ2n) is 5.02. The maximum absolute atomic E-state index is 12.7. The molecule has 1 N–H and O–H groups in total. The molecule has 0 bridgehead atoms. The molecule has 1 aromatic rings. The summed E-state index contributed by atoms with van der Waals surface area (Å²) in [5, 5.41) is 8.74. The third-order valence-corrected chi connectivity index (χ3v) is 3.29. The summed E-state index contributed by atoms with van der Waals surface area (Å²) in [5.41, 5.74) is -0.115. The van der Waals surface area contributed by atoms with Gasteiger partial charge in [0.05, 0.1) is 24.7 Å². The van der Waals surface area contributed by atoms with Crippen LogP contribution in [0, 0.1) is 0 Å². The molecular formula is C14H16F3NO3. The first-order valence-corrected chi connectivity index (χ1v) is 6.56. The van der Waals surface area contributed by atoms with E-state index in [0.29, 0.717) is 31.8 Å². The zero-order valence-corrected chi connectivity index (χ0v) is 11.3. The second-order valence-corrected chi connectivity index (χ2v) is 5.02. The van der Waals surface area contributed by atoms with Gasteiger partial charge < -0.3 is 9.84 Å². The van der Waals surface area contributed by atoms with Gasteiger partial charge in [0.1, 0.15) is 0 Å². The minimum absolute atomic E-state index is 0.0981. The van der Waals surface area contributed by atoms with Gasteiger partial charge in [-0.2, -0.15) is 13.2 Å². The van der Waals surface area contributed by atoms with Crippen LogP contribution in [-0.4, -0.2) is 41.8 Å². The van der Waals surface area contributed by atoms with Gasteiger partial charge in [-0.05, 0) is 11.6 Å². The van der Waals surface area contributed by atoms with E-state index in [4.69, 9.17) is 9.84 Å². The number of hydrogen-bond acceptors (Lipinski definition) is 3. The van der Waals surface area contributed by atoms with Crippen LogP contribution in [0.15, 0.2) is 24.3 Å². The summed E-state index contributed by atoms with van der Waals surface area (Å²) < 4.78 is 43.3. The number of rotatable bonds is 4. The number of carbonyl (C=O) groups is 1. The molecule has 0 amide bonds. The van der Waals surface area contributed by atoms with Gasteiger partial charge in [-0.15, -0.1) is 0 Å². The van der Waals surface area contributed by atoms with Crippen LogP contribution in [0.2, 0.25) is 0 Å². The molecule has 0 radical (unpaired) electrons. The van der Waals surface area contributed by atoms with Gasteiger partial charge in [0.15, 0.2) is 0 Å². The van der Waals surface area contributed by atoms with E-state index in [1.807, 2.05) is 4.90 Å². The lowest BCUT2D eigenvalue weighted by molar-refractivity contribution is -0.142. The van der Waals surface area contributed by atoms with Crippen LogP contribution in [0.4, 0.5) is 13.2 Å². The highest BCUT2D eigenvalue weighted by atomic mass is 19.4. The van der Waals surface area contributed by atoms with Crippen molar-refractivity contribution in [3.63, 3.8) is 0 Å².